The summed E-state index contributed by atoms with van der Waals surface area (Å²) in [6.07, 6.45) is 7.96. The minimum atomic E-state index is -0.882. The Labute approximate surface area is 240 Å². The van der Waals surface area contributed by atoms with Crippen molar-refractivity contribution in [2.45, 2.75) is 39.0 Å². The second-order valence-corrected chi connectivity index (χ2v) is 11.5. The summed E-state index contributed by atoms with van der Waals surface area (Å²) < 4.78 is 7.70. The van der Waals surface area contributed by atoms with Gasteiger partial charge in [0, 0.05) is 37.1 Å². The molecule has 2 aliphatic rings. The monoisotopic (exact) mass is 548 g/mol. The van der Waals surface area contributed by atoms with Crippen LogP contribution in [-0.2, 0) is 11.3 Å². The molecule has 0 aliphatic carbocycles. The number of aromatic nitrogens is 4. The molecule has 2 aromatic heterocycles. The maximum Gasteiger partial charge on any atom is 0.165 e. The molecule has 2 aromatic carbocycles. The van der Waals surface area contributed by atoms with E-state index in [-0.39, 0.29) is 6.04 Å². The molecule has 210 valence electrons. The molecule has 1 N–H and O–H groups in total. The number of morpholine rings is 1. The summed E-state index contributed by atoms with van der Waals surface area (Å²) in [5.41, 5.74) is 6.30. The Morgan fingerprint density at radius 2 is 1.90 bits per heavy atom. The van der Waals surface area contributed by atoms with E-state index in [4.69, 9.17) is 14.7 Å². The lowest BCUT2D eigenvalue weighted by molar-refractivity contribution is 0.0577. The van der Waals surface area contributed by atoms with Gasteiger partial charge in [0.1, 0.15) is 5.82 Å². The van der Waals surface area contributed by atoms with Crippen LogP contribution in [-0.4, -0.2) is 62.2 Å². The highest BCUT2D eigenvalue weighted by atomic mass is 16.5. The smallest absolute Gasteiger partial charge is 0.165 e. The fraction of sp³-hybridized carbons (Fsp3) is 0.303. The van der Waals surface area contributed by atoms with Gasteiger partial charge < -0.3 is 19.6 Å². The van der Waals surface area contributed by atoms with Gasteiger partial charge >= 0.3 is 0 Å². The third kappa shape index (κ3) is 5.53. The molecule has 0 bridgehead atoms. The van der Waals surface area contributed by atoms with Gasteiger partial charge in [0.15, 0.2) is 5.82 Å². The second-order valence-electron chi connectivity index (χ2n) is 11.5. The van der Waals surface area contributed by atoms with Gasteiger partial charge in [-0.2, -0.15) is 5.10 Å². The van der Waals surface area contributed by atoms with Gasteiger partial charge in [-0.3, -0.25) is 4.68 Å². The van der Waals surface area contributed by atoms with Crippen molar-refractivity contribution >= 4 is 22.3 Å². The molecule has 4 heterocycles. The van der Waals surface area contributed by atoms with E-state index in [9.17, 15) is 5.11 Å². The second kappa shape index (κ2) is 10.6. The third-order valence-corrected chi connectivity index (χ3v) is 7.62. The average molecular weight is 549 g/mol. The zero-order chi connectivity index (χ0) is 28.7. The van der Waals surface area contributed by atoms with Crippen molar-refractivity contribution < 1.29 is 9.84 Å². The van der Waals surface area contributed by atoms with E-state index in [1.165, 1.54) is 5.56 Å². The van der Waals surface area contributed by atoms with Crippen LogP contribution >= 0.6 is 0 Å². The number of allylic oxidation sites excluding steroid dienone is 3. The molecule has 0 radical (unpaired) electrons. The van der Waals surface area contributed by atoms with Crippen LogP contribution < -0.4 is 4.90 Å². The van der Waals surface area contributed by atoms with Gasteiger partial charge in [-0.25, -0.2) is 9.97 Å². The lowest BCUT2D eigenvalue weighted by atomic mass is 9.98. The summed E-state index contributed by atoms with van der Waals surface area (Å²) in [7, 11) is 2.02. The number of rotatable bonds is 6. The number of nitrogens with zero attached hydrogens (tertiary/aromatic N) is 6. The van der Waals surface area contributed by atoms with E-state index in [1.807, 2.05) is 19.3 Å². The summed E-state index contributed by atoms with van der Waals surface area (Å²) in [5.74, 6) is 1.47. The Bertz CT molecular complexity index is 1660. The molecule has 41 heavy (non-hydrogen) atoms. The average Bonchev–Trinajstić information content (AvgIpc) is 3.42. The number of hydrogen-bond acceptors (Lipinski definition) is 7. The van der Waals surface area contributed by atoms with Crippen molar-refractivity contribution in [1.29, 1.82) is 0 Å². The van der Waals surface area contributed by atoms with E-state index < -0.39 is 5.60 Å². The molecule has 6 rings (SSSR count). The zero-order valence-corrected chi connectivity index (χ0v) is 24.1. The van der Waals surface area contributed by atoms with Crippen molar-refractivity contribution in [3.8, 4) is 11.4 Å². The molecule has 0 spiro atoms. The van der Waals surface area contributed by atoms with Crippen LogP contribution in [0.25, 0.3) is 27.9 Å². The predicted molar refractivity (Wildman–Crippen MR) is 163 cm³/mol. The van der Waals surface area contributed by atoms with Gasteiger partial charge in [-0.15, -0.1) is 0 Å². The van der Waals surface area contributed by atoms with Crippen LogP contribution in [0.15, 0.2) is 91.0 Å². The molecule has 0 saturated carbocycles. The number of benzene rings is 2. The Hall–Kier alpha value is -4.27. The fourth-order valence-corrected chi connectivity index (χ4v) is 5.49. The SMILES string of the molecule is C=C1C(C)=CC(c2ccc3nc(-c4cnn(CC(C)(C)O)c4)nc(N4CCOC[C@@H]4c4ccccc4)c3c2)=CN1C. The van der Waals surface area contributed by atoms with Crippen molar-refractivity contribution in [3.63, 3.8) is 0 Å². The van der Waals surface area contributed by atoms with Crippen LogP contribution in [0.3, 0.4) is 0 Å². The normalized spacial score (nSPS) is 18.1. The van der Waals surface area contributed by atoms with Gasteiger partial charge in [-0.1, -0.05) is 43.0 Å². The van der Waals surface area contributed by atoms with E-state index in [0.29, 0.717) is 32.1 Å². The first-order valence-electron chi connectivity index (χ1n) is 14.0. The van der Waals surface area contributed by atoms with Crippen molar-refractivity contribution in [1.82, 2.24) is 24.6 Å². The number of likely N-dealkylation sites (N-methyl/N-ethyl adjacent to an activating group) is 1. The van der Waals surface area contributed by atoms with Crippen LogP contribution in [0, 0.1) is 0 Å². The van der Waals surface area contributed by atoms with Crippen molar-refractivity contribution in [3.05, 3.63) is 102 Å². The minimum absolute atomic E-state index is 0.0166. The van der Waals surface area contributed by atoms with Gasteiger partial charge in [0.2, 0.25) is 0 Å². The maximum absolute atomic E-state index is 10.3. The van der Waals surface area contributed by atoms with E-state index in [0.717, 1.165) is 44.7 Å². The molecule has 1 fully saturated rings. The number of anilines is 1. The van der Waals surface area contributed by atoms with Crippen molar-refractivity contribution in [2.24, 2.45) is 0 Å². The highest BCUT2D eigenvalue weighted by molar-refractivity contribution is 5.94. The topological polar surface area (TPSA) is 79.5 Å². The molecular weight excluding hydrogens is 512 g/mol. The first-order chi connectivity index (χ1) is 19.7. The number of fused-ring (bicyclic) bond motifs is 1. The highest BCUT2D eigenvalue weighted by Gasteiger charge is 2.28. The van der Waals surface area contributed by atoms with E-state index >= 15 is 0 Å². The first-order valence-corrected chi connectivity index (χ1v) is 14.0. The molecule has 2 aliphatic heterocycles. The summed E-state index contributed by atoms with van der Waals surface area (Å²) in [6.45, 7) is 12.1. The minimum Gasteiger partial charge on any atom is -0.389 e. The summed E-state index contributed by atoms with van der Waals surface area (Å²) >= 11 is 0. The number of ether oxygens (including phenoxy) is 1. The van der Waals surface area contributed by atoms with Crippen LogP contribution in [0.5, 0.6) is 0 Å². The maximum atomic E-state index is 10.3. The Morgan fingerprint density at radius 1 is 1.10 bits per heavy atom. The van der Waals surface area contributed by atoms with Gasteiger partial charge in [0.25, 0.3) is 0 Å². The zero-order valence-electron chi connectivity index (χ0n) is 24.1. The number of hydrogen-bond donors (Lipinski definition) is 1. The summed E-state index contributed by atoms with van der Waals surface area (Å²) in [4.78, 5) is 14.6. The molecule has 0 unspecified atom stereocenters. The molecule has 1 atom stereocenters. The molecule has 4 aromatic rings. The first kappa shape index (κ1) is 26.9. The largest absolute Gasteiger partial charge is 0.389 e. The predicted octanol–water partition coefficient (Wildman–Crippen LogP) is 5.59. The van der Waals surface area contributed by atoms with E-state index in [2.05, 4.69) is 83.1 Å². The molecule has 8 nitrogen and oxygen atoms in total. The van der Waals surface area contributed by atoms with Crippen LogP contribution in [0.2, 0.25) is 0 Å². The molecule has 0 amide bonds. The summed E-state index contributed by atoms with van der Waals surface area (Å²) in [5, 5.41) is 15.8. The van der Waals surface area contributed by atoms with Gasteiger partial charge in [-0.05, 0) is 61.3 Å². The Morgan fingerprint density at radius 3 is 2.66 bits per heavy atom. The van der Waals surface area contributed by atoms with Gasteiger partial charge in [0.05, 0.1) is 48.7 Å². The number of aliphatic hydroxyl groups is 1. The molecule has 1 saturated heterocycles. The standard InChI is InChI=1S/C33H36N6O2/c1-22-15-26(18-37(5)23(22)2)25-11-12-29-28(16-25)32(39-13-14-41-20-30(39)24-9-7-6-8-10-24)36-31(35-29)27-17-34-38(19-27)21-33(3,4)40/h6-12,15-19,30,40H,2,13-14,20-21H2,1,3-5H3/t30-/m1/s1. The lowest BCUT2D eigenvalue weighted by Gasteiger charge is -2.37. The fourth-order valence-electron chi connectivity index (χ4n) is 5.49. The highest BCUT2D eigenvalue weighted by Crippen LogP contribution is 2.37. The van der Waals surface area contributed by atoms with E-state index in [1.54, 1.807) is 24.7 Å². The van der Waals surface area contributed by atoms with Crippen LogP contribution in [0.4, 0.5) is 5.82 Å². The molecule has 8 heteroatoms. The quantitative estimate of drug-likeness (QED) is 0.337. The third-order valence-electron chi connectivity index (χ3n) is 7.62. The van der Waals surface area contributed by atoms with Crippen molar-refractivity contribution in [2.75, 3.05) is 31.7 Å². The van der Waals surface area contributed by atoms with Crippen LogP contribution in [0.1, 0.15) is 37.9 Å². The summed E-state index contributed by atoms with van der Waals surface area (Å²) in [6, 6.07) is 16.9. The Kier molecular flexibility index (Phi) is 6.97. The molecular formula is C33H36N6O2. The lowest BCUT2D eigenvalue weighted by Crippen LogP contribution is -2.40. The Balaban J connectivity index is 1.50.